The average Bonchev–Trinajstić information content (AvgIpc) is 2.79. The molecule has 0 bridgehead atoms. The molecule has 0 radical (unpaired) electrons. The van der Waals surface area contributed by atoms with Crippen LogP contribution in [0.2, 0.25) is 0 Å². The van der Waals surface area contributed by atoms with Gasteiger partial charge in [-0.05, 0) is 44.7 Å². The fourth-order valence-corrected chi connectivity index (χ4v) is 2.90. The molecule has 0 spiro atoms. The fraction of sp³-hybridized carbons (Fsp3) is 0.500. The summed E-state index contributed by atoms with van der Waals surface area (Å²) < 4.78 is 0. The van der Waals surface area contributed by atoms with Crippen LogP contribution in [0.15, 0.2) is 17.0 Å². The summed E-state index contributed by atoms with van der Waals surface area (Å²) in [5.74, 6) is 0. The second-order valence-corrected chi connectivity index (χ2v) is 5.36. The van der Waals surface area contributed by atoms with Crippen LogP contribution in [-0.2, 0) is 0 Å². The van der Waals surface area contributed by atoms with Crippen molar-refractivity contribution in [1.29, 1.82) is 0 Å². The lowest BCUT2D eigenvalue weighted by Crippen LogP contribution is -1.88. The Morgan fingerprint density at radius 1 is 1.08 bits per heavy atom. The van der Waals surface area contributed by atoms with Gasteiger partial charge in [0.15, 0.2) is 0 Å². The molecule has 1 heteroatoms. The van der Waals surface area contributed by atoms with Crippen LogP contribution >= 0.6 is 11.8 Å². The Kier molecular flexibility index (Phi) is 2.37. The summed E-state index contributed by atoms with van der Waals surface area (Å²) in [6.07, 6.45) is 2.83. The Bertz CT molecular complexity index is 301. The minimum absolute atomic E-state index is 0.917. The van der Waals surface area contributed by atoms with Crippen molar-refractivity contribution in [3.8, 4) is 0 Å². The van der Waals surface area contributed by atoms with Crippen LogP contribution in [0.5, 0.6) is 0 Å². The minimum Gasteiger partial charge on any atom is -0.122 e. The molecule has 0 heterocycles. The van der Waals surface area contributed by atoms with E-state index in [1.165, 1.54) is 34.4 Å². The SMILES string of the molecule is Cc1cc(C)c(SC2CC2)c(C)c1. The van der Waals surface area contributed by atoms with Crippen molar-refractivity contribution >= 4 is 11.8 Å². The van der Waals surface area contributed by atoms with Gasteiger partial charge in [-0.15, -0.1) is 11.8 Å². The lowest BCUT2D eigenvalue weighted by atomic mass is 10.1. The van der Waals surface area contributed by atoms with Crippen LogP contribution in [0, 0.1) is 20.8 Å². The van der Waals surface area contributed by atoms with E-state index in [4.69, 9.17) is 0 Å². The van der Waals surface area contributed by atoms with Crippen molar-refractivity contribution in [2.75, 3.05) is 0 Å². The smallest absolute Gasteiger partial charge is 0.0133 e. The lowest BCUT2D eigenvalue weighted by molar-refractivity contribution is 1.18. The monoisotopic (exact) mass is 192 g/mol. The Labute approximate surface area is 84.7 Å². The molecule has 0 unspecified atom stereocenters. The van der Waals surface area contributed by atoms with Crippen LogP contribution in [0.4, 0.5) is 0 Å². The fourth-order valence-electron chi connectivity index (χ4n) is 1.71. The van der Waals surface area contributed by atoms with E-state index in [-0.39, 0.29) is 0 Å². The van der Waals surface area contributed by atoms with E-state index in [0.29, 0.717) is 0 Å². The van der Waals surface area contributed by atoms with Crippen molar-refractivity contribution in [1.82, 2.24) is 0 Å². The summed E-state index contributed by atoms with van der Waals surface area (Å²) in [4.78, 5) is 1.52. The van der Waals surface area contributed by atoms with Crippen LogP contribution < -0.4 is 0 Å². The summed E-state index contributed by atoms with van der Waals surface area (Å²) in [7, 11) is 0. The van der Waals surface area contributed by atoms with E-state index in [1.807, 2.05) is 0 Å². The van der Waals surface area contributed by atoms with Gasteiger partial charge >= 0.3 is 0 Å². The molecule has 1 fully saturated rings. The summed E-state index contributed by atoms with van der Waals surface area (Å²) >= 11 is 2.07. The Morgan fingerprint density at radius 2 is 1.62 bits per heavy atom. The lowest BCUT2D eigenvalue weighted by Gasteiger charge is -2.09. The molecule has 0 saturated heterocycles. The van der Waals surface area contributed by atoms with Crippen LogP contribution in [0.25, 0.3) is 0 Å². The molecule has 1 aliphatic carbocycles. The number of rotatable bonds is 2. The van der Waals surface area contributed by atoms with Gasteiger partial charge < -0.3 is 0 Å². The molecular formula is C12H16S. The largest absolute Gasteiger partial charge is 0.122 e. The first-order valence-electron chi connectivity index (χ1n) is 4.91. The summed E-state index contributed by atoms with van der Waals surface area (Å²) in [5.41, 5.74) is 4.29. The maximum atomic E-state index is 2.29. The van der Waals surface area contributed by atoms with E-state index >= 15 is 0 Å². The van der Waals surface area contributed by atoms with E-state index in [1.54, 1.807) is 0 Å². The molecule has 0 atom stereocenters. The first kappa shape index (κ1) is 9.14. The maximum Gasteiger partial charge on any atom is 0.0133 e. The number of thioether (sulfide) groups is 1. The first-order chi connectivity index (χ1) is 6.16. The highest BCUT2D eigenvalue weighted by atomic mass is 32.2. The molecule has 0 nitrogen and oxygen atoms in total. The molecule has 1 aromatic rings. The van der Waals surface area contributed by atoms with Crippen molar-refractivity contribution in [2.45, 2.75) is 43.8 Å². The molecule has 0 amide bonds. The summed E-state index contributed by atoms with van der Waals surface area (Å²) in [5, 5.41) is 0.917. The van der Waals surface area contributed by atoms with Crippen molar-refractivity contribution in [3.63, 3.8) is 0 Å². The van der Waals surface area contributed by atoms with Gasteiger partial charge in [0.1, 0.15) is 0 Å². The van der Waals surface area contributed by atoms with Gasteiger partial charge in [-0.1, -0.05) is 17.7 Å². The minimum atomic E-state index is 0.917. The molecule has 0 N–H and O–H groups in total. The number of hydrogen-bond acceptors (Lipinski definition) is 1. The topological polar surface area (TPSA) is 0 Å². The van der Waals surface area contributed by atoms with Gasteiger partial charge in [0, 0.05) is 10.1 Å². The number of aryl methyl sites for hydroxylation is 3. The second-order valence-electron chi connectivity index (χ2n) is 4.05. The van der Waals surface area contributed by atoms with Gasteiger partial charge in [-0.2, -0.15) is 0 Å². The summed E-state index contributed by atoms with van der Waals surface area (Å²) in [6, 6.07) is 4.58. The zero-order chi connectivity index (χ0) is 9.42. The average molecular weight is 192 g/mol. The van der Waals surface area contributed by atoms with Crippen molar-refractivity contribution in [2.24, 2.45) is 0 Å². The Balaban J connectivity index is 2.31. The highest BCUT2D eigenvalue weighted by Gasteiger charge is 2.23. The Morgan fingerprint density at radius 3 is 2.08 bits per heavy atom. The van der Waals surface area contributed by atoms with E-state index in [9.17, 15) is 0 Å². The third kappa shape index (κ3) is 2.08. The maximum absolute atomic E-state index is 2.29. The molecule has 1 aromatic carbocycles. The molecule has 13 heavy (non-hydrogen) atoms. The van der Waals surface area contributed by atoms with E-state index in [2.05, 4.69) is 44.7 Å². The third-order valence-corrected chi connectivity index (χ3v) is 4.10. The molecule has 70 valence electrons. The van der Waals surface area contributed by atoms with E-state index in [0.717, 1.165) is 5.25 Å². The third-order valence-electron chi connectivity index (χ3n) is 2.41. The standard InChI is InChI=1S/C12H16S/c1-8-6-9(2)12(10(3)7-8)13-11-4-5-11/h6-7,11H,4-5H2,1-3H3. The second kappa shape index (κ2) is 3.38. The predicted octanol–water partition coefficient (Wildman–Crippen LogP) is 3.87. The van der Waals surface area contributed by atoms with Crippen LogP contribution in [0.1, 0.15) is 29.5 Å². The van der Waals surface area contributed by atoms with Crippen LogP contribution in [0.3, 0.4) is 0 Å². The molecule has 0 aliphatic heterocycles. The van der Waals surface area contributed by atoms with Gasteiger partial charge in [0.25, 0.3) is 0 Å². The summed E-state index contributed by atoms with van der Waals surface area (Å²) in [6.45, 7) is 6.63. The van der Waals surface area contributed by atoms with Gasteiger partial charge in [0.2, 0.25) is 0 Å². The normalized spacial score (nSPS) is 16.2. The van der Waals surface area contributed by atoms with E-state index < -0.39 is 0 Å². The van der Waals surface area contributed by atoms with Crippen LogP contribution in [-0.4, -0.2) is 5.25 Å². The van der Waals surface area contributed by atoms with Gasteiger partial charge in [-0.25, -0.2) is 0 Å². The van der Waals surface area contributed by atoms with Crippen molar-refractivity contribution < 1.29 is 0 Å². The van der Waals surface area contributed by atoms with Gasteiger partial charge in [-0.3, -0.25) is 0 Å². The quantitative estimate of drug-likeness (QED) is 0.685. The Hall–Kier alpha value is -0.430. The number of benzene rings is 1. The zero-order valence-corrected chi connectivity index (χ0v) is 9.37. The predicted molar refractivity (Wildman–Crippen MR) is 59.5 cm³/mol. The van der Waals surface area contributed by atoms with Crippen molar-refractivity contribution in [3.05, 3.63) is 28.8 Å². The molecule has 1 aliphatic rings. The zero-order valence-electron chi connectivity index (χ0n) is 8.55. The molecule has 0 aromatic heterocycles. The molecule has 1 saturated carbocycles. The molecular weight excluding hydrogens is 176 g/mol. The highest BCUT2D eigenvalue weighted by molar-refractivity contribution is 8.00. The first-order valence-corrected chi connectivity index (χ1v) is 5.79. The highest BCUT2D eigenvalue weighted by Crippen LogP contribution is 2.41. The number of hydrogen-bond donors (Lipinski definition) is 0. The van der Waals surface area contributed by atoms with Gasteiger partial charge in [0.05, 0.1) is 0 Å². The molecule has 2 rings (SSSR count).